The number of carbonyl (C=O) groups is 2. The number of rotatable bonds is 9. The summed E-state index contributed by atoms with van der Waals surface area (Å²) in [7, 11) is 0. The predicted molar refractivity (Wildman–Crippen MR) is 107 cm³/mol. The fraction of sp³-hybridized carbons (Fsp3) is 0.700. The Morgan fingerprint density at radius 2 is 1.96 bits per heavy atom. The van der Waals surface area contributed by atoms with Crippen molar-refractivity contribution in [3.05, 3.63) is 21.9 Å². The Bertz CT molecular complexity index is 587. The Hall–Kier alpha value is -1.40. The van der Waals surface area contributed by atoms with Gasteiger partial charge in [-0.05, 0) is 44.7 Å². The lowest BCUT2D eigenvalue weighted by Crippen LogP contribution is -2.50. The van der Waals surface area contributed by atoms with Crippen molar-refractivity contribution >= 4 is 23.2 Å². The minimum atomic E-state index is 0.000245. The molecule has 26 heavy (non-hydrogen) atoms. The maximum Gasteiger partial charge on any atom is 0.234 e. The molecule has 5 nitrogen and oxygen atoms in total. The first-order chi connectivity index (χ1) is 12.5. The van der Waals surface area contributed by atoms with Crippen LogP contribution in [-0.4, -0.2) is 42.4 Å². The van der Waals surface area contributed by atoms with Crippen LogP contribution < -0.4 is 10.6 Å². The Morgan fingerprint density at radius 3 is 2.65 bits per heavy atom. The second-order valence-corrected chi connectivity index (χ2v) is 8.45. The molecule has 2 heterocycles. The number of piperidine rings is 1. The highest BCUT2D eigenvalue weighted by Gasteiger charge is 2.30. The smallest absolute Gasteiger partial charge is 0.234 e. The fourth-order valence-electron chi connectivity index (χ4n) is 3.28. The van der Waals surface area contributed by atoms with Crippen LogP contribution in [-0.2, 0) is 22.6 Å². The summed E-state index contributed by atoms with van der Waals surface area (Å²) in [5.74, 6) is 0.178. The molecular weight excluding hydrogens is 346 g/mol. The maximum absolute atomic E-state index is 12.3. The lowest BCUT2D eigenvalue weighted by molar-refractivity contribution is -0.130. The summed E-state index contributed by atoms with van der Waals surface area (Å²) in [4.78, 5) is 29.3. The molecule has 0 aliphatic carbocycles. The van der Waals surface area contributed by atoms with E-state index < -0.39 is 0 Å². The van der Waals surface area contributed by atoms with Crippen molar-refractivity contribution < 1.29 is 9.59 Å². The highest BCUT2D eigenvalue weighted by molar-refractivity contribution is 7.11. The number of aryl methyl sites for hydroxylation is 1. The van der Waals surface area contributed by atoms with Crippen LogP contribution in [0.3, 0.4) is 0 Å². The molecule has 1 aromatic rings. The van der Waals surface area contributed by atoms with Crippen molar-refractivity contribution in [1.82, 2.24) is 15.5 Å². The van der Waals surface area contributed by atoms with Crippen LogP contribution >= 0.6 is 11.3 Å². The molecule has 1 fully saturated rings. The third kappa shape index (κ3) is 6.40. The molecule has 0 saturated carbocycles. The molecule has 0 radical (unpaired) electrons. The van der Waals surface area contributed by atoms with E-state index in [1.807, 2.05) is 0 Å². The molecule has 2 unspecified atom stereocenters. The van der Waals surface area contributed by atoms with Crippen molar-refractivity contribution in [3.63, 3.8) is 0 Å². The molecule has 2 rings (SSSR count). The van der Waals surface area contributed by atoms with Gasteiger partial charge >= 0.3 is 0 Å². The van der Waals surface area contributed by atoms with Crippen LogP contribution in [0.15, 0.2) is 12.1 Å². The van der Waals surface area contributed by atoms with Gasteiger partial charge in [-0.15, -0.1) is 11.3 Å². The highest BCUT2D eigenvalue weighted by atomic mass is 32.1. The Kier molecular flexibility index (Phi) is 8.59. The quantitative estimate of drug-likeness (QED) is 0.649. The van der Waals surface area contributed by atoms with Crippen molar-refractivity contribution in [2.45, 2.75) is 65.5 Å². The van der Waals surface area contributed by atoms with Crippen LogP contribution in [0, 0.1) is 5.92 Å². The van der Waals surface area contributed by atoms with Crippen molar-refractivity contribution in [2.24, 2.45) is 5.92 Å². The van der Waals surface area contributed by atoms with Crippen molar-refractivity contribution in [3.8, 4) is 0 Å². The molecule has 146 valence electrons. The molecule has 6 heteroatoms. The zero-order valence-electron chi connectivity index (χ0n) is 16.3. The summed E-state index contributed by atoms with van der Waals surface area (Å²) < 4.78 is 0. The third-order valence-electron chi connectivity index (χ3n) is 5.08. The third-order valence-corrected chi connectivity index (χ3v) is 6.31. The van der Waals surface area contributed by atoms with E-state index in [1.54, 1.807) is 11.3 Å². The fourth-order valence-corrected chi connectivity index (χ4v) is 4.18. The van der Waals surface area contributed by atoms with E-state index in [2.05, 4.69) is 48.4 Å². The number of unbranched alkanes of at least 4 members (excludes halogenated alkanes) is 1. The monoisotopic (exact) mass is 379 g/mol. The maximum atomic E-state index is 12.3. The van der Waals surface area contributed by atoms with Gasteiger partial charge in [0.05, 0.1) is 19.0 Å². The first-order valence-corrected chi connectivity index (χ1v) is 10.7. The lowest BCUT2D eigenvalue weighted by atomic mass is 9.92. The molecule has 1 aromatic heterocycles. The van der Waals surface area contributed by atoms with Gasteiger partial charge in [0.1, 0.15) is 0 Å². The van der Waals surface area contributed by atoms with E-state index in [9.17, 15) is 9.59 Å². The van der Waals surface area contributed by atoms with E-state index >= 15 is 0 Å². The van der Waals surface area contributed by atoms with E-state index in [4.69, 9.17) is 0 Å². The van der Waals surface area contributed by atoms with E-state index in [0.29, 0.717) is 25.7 Å². The SMILES string of the molecule is CCCCNC(=O)C1CCC(C)N(CC(=O)NCc2ccc(CC)s2)C1. The summed E-state index contributed by atoms with van der Waals surface area (Å²) in [6, 6.07) is 4.55. The average Bonchev–Trinajstić information content (AvgIpc) is 3.10. The van der Waals surface area contributed by atoms with Crippen LogP contribution in [0.1, 0.15) is 56.2 Å². The summed E-state index contributed by atoms with van der Waals surface area (Å²) in [6.45, 7) is 8.78. The Balaban J connectivity index is 1.78. The minimum absolute atomic E-state index is 0.000245. The first kappa shape index (κ1) is 20.9. The topological polar surface area (TPSA) is 61.4 Å². The van der Waals surface area contributed by atoms with Gasteiger partial charge in [-0.25, -0.2) is 0 Å². The Morgan fingerprint density at radius 1 is 1.19 bits per heavy atom. The lowest BCUT2D eigenvalue weighted by Gasteiger charge is -2.36. The van der Waals surface area contributed by atoms with E-state index in [1.165, 1.54) is 9.75 Å². The Labute approximate surface area is 161 Å². The molecular formula is C20H33N3O2S. The van der Waals surface area contributed by atoms with Gasteiger partial charge in [-0.2, -0.15) is 0 Å². The van der Waals surface area contributed by atoms with Gasteiger partial charge in [-0.1, -0.05) is 20.3 Å². The molecule has 2 amide bonds. The molecule has 0 aromatic carbocycles. The molecule has 0 bridgehead atoms. The normalized spacial score (nSPS) is 20.7. The minimum Gasteiger partial charge on any atom is -0.356 e. The molecule has 1 saturated heterocycles. The van der Waals surface area contributed by atoms with Crippen LogP contribution in [0.2, 0.25) is 0 Å². The molecule has 2 N–H and O–H groups in total. The number of amides is 2. The summed E-state index contributed by atoms with van der Waals surface area (Å²) in [6.07, 6.45) is 5.00. The largest absolute Gasteiger partial charge is 0.356 e. The summed E-state index contributed by atoms with van der Waals surface area (Å²) in [5, 5.41) is 6.05. The van der Waals surface area contributed by atoms with Crippen LogP contribution in [0.4, 0.5) is 0 Å². The van der Waals surface area contributed by atoms with Gasteiger partial charge in [0, 0.05) is 28.9 Å². The van der Waals surface area contributed by atoms with Crippen molar-refractivity contribution in [1.29, 1.82) is 0 Å². The summed E-state index contributed by atoms with van der Waals surface area (Å²) >= 11 is 1.75. The molecule has 2 atom stereocenters. The number of likely N-dealkylation sites (tertiary alicyclic amines) is 1. The molecule has 0 spiro atoms. The van der Waals surface area contributed by atoms with Crippen molar-refractivity contribution in [2.75, 3.05) is 19.6 Å². The van der Waals surface area contributed by atoms with Gasteiger partial charge < -0.3 is 10.6 Å². The zero-order chi connectivity index (χ0) is 18.9. The number of nitrogens with one attached hydrogen (secondary N) is 2. The standard InChI is InChI=1S/C20H33N3O2S/c1-4-6-11-21-20(25)16-8-7-15(3)23(13-16)14-19(24)22-12-18-10-9-17(5-2)26-18/h9-10,15-16H,4-8,11-14H2,1-3H3,(H,21,25)(H,22,24). The van der Waals surface area contributed by atoms with Crippen LogP contribution in [0.5, 0.6) is 0 Å². The number of hydrogen-bond donors (Lipinski definition) is 2. The summed E-state index contributed by atoms with van der Waals surface area (Å²) in [5.41, 5.74) is 0. The molecule has 1 aliphatic rings. The number of nitrogens with zero attached hydrogens (tertiary/aromatic N) is 1. The predicted octanol–water partition coefficient (Wildman–Crippen LogP) is 2.94. The molecule has 1 aliphatic heterocycles. The van der Waals surface area contributed by atoms with Gasteiger partial charge in [0.2, 0.25) is 11.8 Å². The van der Waals surface area contributed by atoms with Gasteiger partial charge in [-0.3, -0.25) is 14.5 Å². The first-order valence-electron chi connectivity index (χ1n) is 9.89. The zero-order valence-corrected chi connectivity index (χ0v) is 17.2. The van der Waals surface area contributed by atoms with E-state index in [-0.39, 0.29) is 17.7 Å². The second-order valence-electron chi connectivity index (χ2n) is 7.20. The van der Waals surface area contributed by atoms with Crippen LogP contribution in [0.25, 0.3) is 0 Å². The second kappa shape index (κ2) is 10.7. The number of carbonyl (C=O) groups excluding carboxylic acids is 2. The average molecular weight is 380 g/mol. The van der Waals surface area contributed by atoms with Gasteiger partial charge in [0.25, 0.3) is 0 Å². The number of thiophene rings is 1. The highest BCUT2D eigenvalue weighted by Crippen LogP contribution is 2.22. The van der Waals surface area contributed by atoms with Gasteiger partial charge in [0.15, 0.2) is 0 Å². The van der Waals surface area contributed by atoms with E-state index in [0.717, 1.165) is 38.6 Å². The number of hydrogen-bond acceptors (Lipinski definition) is 4.